The number of halogens is 3. The summed E-state index contributed by atoms with van der Waals surface area (Å²) in [5.41, 5.74) is 6.13. The molecule has 1 amide bonds. The first kappa shape index (κ1) is 23.7. The molecule has 1 aromatic carbocycles. The molecule has 34 heavy (non-hydrogen) atoms. The molecule has 0 radical (unpaired) electrons. The Morgan fingerprint density at radius 2 is 2.03 bits per heavy atom. The normalized spacial score (nSPS) is 20.6. The molecule has 11 heteroatoms. The molecule has 4 rings (SSSR count). The first-order valence-electron chi connectivity index (χ1n) is 10.6. The first-order valence-corrected chi connectivity index (χ1v) is 10.6. The van der Waals surface area contributed by atoms with E-state index >= 15 is 0 Å². The van der Waals surface area contributed by atoms with E-state index < -0.39 is 35.9 Å². The molecule has 180 valence electrons. The van der Waals surface area contributed by atoms with E-state index in [0.717, 1.165) is 12.1 Å². The minimum Gasteiger partial charge on any atom is -0.497 e. The number of carbonyl (C=O) groups excluding carboxylic acids is 1. The number of amides is 1. The molecule has 3 atom stereocenters. The number of hydrogen-bond acceptors (Lipinski definition) is 6. The molecule has 1 aliphatic heterocycles. The fourth-order valence-corrected chi connectivity index (χ4v) is 3.84. The summed E-state index contributed by atoms with van der Waals surface area (Å²) in [6, 6.07) is 5.51. The zero-order valence-corrected chi connectivity index (χ0v) is 18.6. The lowest BCUT2D eigenvalue weighted by molar-refractivity contribution is 0.0247. The predicted molar refractivity (Wildman–Crippen MR) is 118 cm³/mol. The highest BCUT2D eigenvalue weighted by Gasteiger charge is 2.30. The number of rotatable bonds is 5. The average Bonchev–Trinajstić information content (AvgIpc) is 3.09. The van der Waals surface area contributed by atoms with Crippen molar-refractivity contribution in [2.75, 3.05) is 19.0 Å². The Labute approximate surface area is 193 Å². The van der Waals surface area contributed by atoms with Crippen molar-refractivity contribution in [1.82, 2.24) is 14.8 Å². The summed E-state index contributed by atoms with van der Waals surface area (Å²) in [5, 5.41) is 6.86. The molecule has 0 unspecified atom stereocenters. The van der Waals surface area contributed by atoms with Crippen LogP contribution in [0.2, 0.25) is 0 Å². The number of carbonyl (C=O) groups is 1. The Balaban J connectivity index is 1.59. The van der Waals surface area contributed by atoms with Gasteiger partial charge in [0.15, 0.2) is 0 Å². The zero-order chi connectivity index (χ0) is 24.4. The van der Waals surface area contributed by atoms with Crippen LogP contribution in [0.4, 0.5) is 18.9 Å². The van der Waals surface area contributed by atoms with Crippen LogP contribution in [-0.2, 0) is 11.8 Å². The van der Waals surface area contributed by atoms with E-state index in [4.69, 9.17) is 15.2 Å². The molecule has 0 saturated carbocycles. The van der Waals surface area contributed by atoms with Gasteiger partial charge in [-0.1, -0.05) is 0 Å². The number of pyridine rings is 1. The summed E-state index contributed by atoms with van der Waals surface area (Å²) in [6.45, 7) is -0.166. The third-order valence-corrected chi connectivity index (χ3v) is 5.73. The van der Waals surface area contributed by atoms with E-state index in [1.165, 1.54) is 36.2 Å². The smallest absolute Gasteiger partial charge is 0.274 e. The third-order valence-electron chi connectivity index (χ3n) is 5.73. The summed E-state index contributed by atoms with van der Waals surface area (Å²) < 4.78 is 55.1. The van der Waals surface area contributed by atoms with E-state index in [1.807, 2.05) is 0 Å². The number of aryl methyl sites for hydroxylation is 1. The van der Waals surface area contributed by atoms with E-state index in [2.05, 4.69) is 15.4 Å². The van der Waals surface area contributed by atoms with Crippen LogP contribution < -0.4 is 15.8 Å². The molecular weight excluding hydrogens is 451 g/mol. The van der Waals surface area contributed by atoms with Crippen molar-refractivity contribution in [2.24, 2.45) is 12.8 Å². The van der Waals surface area contributed by atoms with Gasteiger partial charge in [0.05, 0.1) is 31.3 Å². The number of ether oxygens (including phenoxy) is 2. The van der Waals surface area contributed by atoms with Crippen LogP contribution in [0.5, 0.6) is 5.75 Å². The molecule has 0 aliphatic carbocycles. The third kappa shape index (κ3) is 4.75. The van der Waals surface area contributed by atoms with E-state index in [1.54, 1.807) is 7.05 Å². The minimum absolute atomic E-state index is 0.112. The summed E-state index contributed by atoms with van der Waals surface area (Å²) in [5.74, 6) is -1.92. The average molecular weight is 475 g/mol. The van der Waals surface area contributed by atoms with E-state index in [9.17, 15) is 18.0 Å². The predicted octanol–water partition coefficient (Wildman–Crippen LogP) is 3.54. The van der Waals surface area contributed by atoms with Gasteiger partial charge in [-0.25, -0.2) is 18.2 Å². The number of benzene rings is 1. The lowest BCUT2D eigenvalue weighted by Gasteiger charge is -2.17. The van der Waals surface area contributed by atoms with Crippen LogP contribution in [-0.4, -0.2) is 46.6 Å². The van der Waals surface area contributed by atoms with Gasteiger partial charge in [0.2, 0.25) is 0 Å². The van der Waals surface area contributed by atoms with Gasteiger partial charge in [0, 0.05) is 24.7 Å². The summed E-state index contributed by atoms with van der Waals surface area (Å²) in [4.78, 5) is 17.0. The van der Waals surface area contributed by atoms with Crippen molar-refractivity contribution >= 4 is 11.6 Å². The monoisotopic (exact) mass is 475 g/mol. The maximum Gasteiger partial charge on any atom is 0.274 e. The highest BCUT2D eigenvalue weighted by Crippen LogP contribution is 2.33. The molecule has 0 spiro atoms. The highest BCUT2D eigenvalue weighted by atomic mass is 19.1. The maximum atomic E-state index is 14.5. The van der Waals surface area contributed by atoms with Crippen molar-refractivity contribution < 1.29 is 27.4 Å². The Morgan fingerprint density at radius 3 is 2.76 bits per heavy atom. The molecule has 3 N–H and O–H groups in total. The number of methoxy groups -OCH3 is 1. The van der Waals surface area contributed by atoms with E-state index in [-0.39, 0.29) is 29.3 Å². The minimum atomic E-state index is -1.28. The second-order valence-electron chi connectivity index (χ2n) is 7.97. The Kier molecular flexibility index (Phi) is 6.85. The van der Waals surface area contributed by atoms with Gasteiger partial charge in [0.25, 0.3) is 5.91 Å². The fraction of sp³-hybridized carbons (Fsp3) is 0.348. The van der Waals surface area contributed by atoms with Crippen LogP contribution in [0.25, 0.3) is 11.3 Å². The number of nitrogens with one attached hydrogen (secondary N) is 1. The van der Waals surface area contributed by atoms with Crippen molar-refractivity contribution in [1.29, 1.82) is 0 Å². The number of nitrogens with zero attached hydrogens (tertiary/aromatic N) is 3. The summed E-state index contributed by atoms with van der Waals surface area (Å²) >= 11 is 0. The van der Waals surface area contributed by atoms with Gasteiger partial charge in [-0.2, -0.15) is 5.10 Å². The molecule has 1 saturated heterocycles. The van der Waals surface area contributed by atoms with Crippen LogP contribution in [0.3, 0.4) is 0 Å². The number of anilines is 1. The van der Waals surface area contributed by atoms with Gasteiger partial charge in [-0.3, -0.25) is 9.48 Å². The highest BCUT2D eigenvalue weighted by molar-refractivity contribution is 6.03. The molecule has 8 nitrogen and oxygen atoms in total. The number of alkyl halides is 1. The van der Waals surface area contributed by atoms with Gasteiger partial charge < -0.3 is 20.5 Å². The van der Waals surface area contributed by atoms with Crippen LogP contribution in [0.15, 0.2) is 36.5 Å². The Morgan fingerprint density at radius 1 is 1.24 bits per heavy atom. The molecule has 1 aliphatic rings. The molecular formula is C23H24F3N5O3. The van der Waals surface area contributed by atoms with Crippen molar-refractivity contribution in [3.05, 3.63) is 59.6 Å². The molecule has 2 aromatic heterocycles. The summed E-state index contributed by atoms with van der Waals surface area (Å²) in [7, 11) is 3.06. The second-order valence-corrected chi connectivity index (χ2v) is 7.97. The maximum absolute atomic E-state index is 14.5. The lowest BCUT2D eigenvalue weighted by Crippen LogP contribution is -2.32. The summed E-state index contributed by atoms with van der Waals surface area (Å²) in [6.07, 6.45) is 0.471. The zero-order valence-electron chi connectivity index (χ0n) is 18.6. The fourth-order valence-electron chi connectivity index (χ4n) is 3.84. The second kappa shape index (κ2) is 9.82. The van der Waals surface area contributed by atoms with Crippen LogP contribution in [0, 0.1) is 11.6 Å². The van der Waals surface area contributed by atoms with Crippen molar-refractivity contribution in [3.8, 4) is 17.0 Å². The number of hydrogen-bond donors (Lipinski definition) is 2. The topological polar surface area (TPSA) is 104 Å². The molecule has 3 heterocycles. The Bertz CT molecular complexity index is 1190. The van der Waals surface area contributed by atoms with E-state index in [0.29, 0.717) is 24.2 Å². The molecule has 1 fully saturated rings. The van der Waals surface area contributed by atoms with Gasteiger partial charge in [-0.05, 0) is 37.1 Å². The van der Waals surface area contributed by atoms with Crippen LogP contribution >= 0.6 is 0 Å². The standard InChI is InChI=1S/C23H24F3N5O3/c1-31-22(20-8-6-17(27)16(26)11-34-20)19(10-28-31)30-23(32)18-7-5-14(24)21(29-18)13-4-3-12(33-2)9-15(13)25/h3-5,7,9-10,16-17,20H,6,8,11,27H2,1-2H3,(H,30,32)/t16-,17-,20+/m1/s1. The largest absolute Gasteiger partial charge is 0.497 e. The van der Waals surface area contributed by atoms with Crippen molar-refractivity contribution in [2.45, 2.75) is 31.2 Å². The first-order chi connectivity index (χ1) is 16.3. The van der Waals surface area contributed by atoms with Crippen molar-refractivity contribution in [3.63, 3.8) is 0 Å². The van der Waals surface area contributed by atoms with Gasteiger partial charge >= 0.3 is 0 Å². The van der Waals surface area contributed by atoms with Gasteiger partial charge in [-0.15, -0.1) is 0 Å². The Hall–Kier alpha value is -3.44. The molecule has 3 aromatic rings. The SMILES string of the molecule is COc1ccc(-c2nc(C(=O)Nc3cnn(C)c3[C@@H]3CC[C@@H](N)[C@H](F)CO3)ccc2F)c(F)c1. The van der Waals surface area contributed by atoms with Crippen LogP contribution in [0.1, 0.15) is 35.1 Å². The number of nitrogens with two attached hydrogens (primary N) is 1. The quantitative estimate of drug-likeness (QED) is 0.585. The molecule has 0 bridgehead atoms. The number of aromatic nitrogens is 3. The lowest BCUT2D eigenvalue weighted by atomic mass is 10.0. The van der Waals surface area contributed by atoms with Gasteiger partial charge in [0.1, 0.15) is 41.0 Å².